The molecule has 0 saturated heterocycles. The fourth-order valence-electron chi connectivity index (χ4n) is 0.643. The molecule has 0 amide bonds. The summed E-state index contributed by atoms with van der Waals surface area (Å²) in [6, 6.07) is -0.820. The molecule has 1 unspecified atom stereocenters. The van der Waals surface area contributed by atoms with Gasteiger partial charge in [-0.1, -0.05) is 0 Å². The molecular formula is C7H17N4NaO5. The van der Waals surface area contributed by atoms with E-state index in [2.05, 4.69) is 4.99 Å². The van der Waals surface area contributed by atoms with Crippen molar-refractivity contribution in [2.75, 3.05) is 6.54 Å². The largest absolute Gasteiger partial charge is 1.00 e. The Hall–Kier alpha value is -1.03. The minimum atomic E-state index is -1.83. The Morgan fingerprint density at radius 3 is 1.94 bits per heavy atom. The molecule has 0 aliphatic rings. The molecule has 0 aliphatic carbocycles. The van der Waals surface area contributed by atoms with Crippen molar-refractivity contribution in [2.24, 2.45) is 22.2 Å². The Balaban J connectivity index is -0.000000143. The van der Waals surface area contributed by atoms with Gasteiger partial charge in [0.05, 0.1) is 0 Å². The van der Waals surface area contributed by atoms with Crippen molar-refractivity contribution in [1.29, 1.82) is 0 Å². The van der Waals surface area contributed by atoms with Crippen molar-refractivity contribution in [3.8, 4) is 0 Å². The third-order valence-corrected chi connectivity index (χ3v) is 1.28. The van der Waals surface area contributed by atoms with E-state index in [1.165, 1.54) is 0 Å². The van der Waals surface area contributed by atoms with Crippen LogP contribution in [0.15, 0.2) is 4.99 Å². The van der Waals surface area contributed by atoms with Gasteiger partial charge in [-0.05, 0) is 12.8 Å². The summed E-state index contributed by atoms with van der Waals surface area (Å²) in [5.41, 5.74) is 15.3. The topological polar surface area (TPSA) is 185 Å². The van der Waals surface area contributed by atoms with E-state index in [1.807, 2.05) is 0 Å². The van der Waals surface area contributed by atoms with Gasteiger partial charge in [-0.15, -0.1) is 0 Å². The second-order valence-electron chi connectivity index (χ2n) is 2.68. The normalized spacial score (nSPS) is 9.94. The maximum absolute atomic E-state index is 10.2. The second kappa shape index (κ2) is 13.0. The molecule has 0 aromatic carbocycles. The molecule has 9 N–H and O–H groups in total. The van der Waals surface area contributed by atoms with Gasteiger partial charge in [0.2, 0.25) is 0 Å². The molecule has 9 nitrogen and oxygen atoms in total. The number of rotatable bonds is 5. The molecule has 0 saturated carbocycles. The third-order valence-electron chi connectivity index (χ3n) is 1.28. The number of aliphatic imine (C=N–C) groups is 1. The molecule has 96 valence electrons. The number of aliphatic carboxylic acids is 1. The first-order chi connectivity index (χ1) is 7.27. The van der Waals surface area contributed by atoms with Crippen molar-refractivity contribution in [1.82, 2.24) is 0 Å². The predicted molar refractivity (Wildman–Crippen MR) is 57.3 cm³/mol. The quantitative estimate of drug-likeness (QED) is 0.124. The van der Waals surface area contributed by atoms with Crippen molar-refractivity contribution < 1.29 is 55.9 Å². The smallest absolute Gasteiger partial charge is 1.00 e. The summed E-state index contributed by atoms with van der Waals surface area (Å²) in [7, 11) is 0. The standard InChI is InChI=1S/C6H14N4O2.CH2O3.Na.H/c7-4(5(11)12)2-1-3-10-6(8)9;2-1(3)4;;/h4H,1-3,7H2,(H,11,12)(H4,8,9,10);(H2,2,3,4);;/q;;+1;-1. The molecule has 0 rings (SSSR count). The van der Waals surface area contributed by atoms with Gasteiger partial charge in [0, 0.05) is 6.54 Å². The number of carbonyl (C=O) groups is 2. The monoisotopic (exact) mass is 260 g/mol. The predicted octanol–water partition coefficient (Wildman–Crippen LogP) is -4.21. The summed E-state index contributed by atoms with van der Waals surface area (Å²) in [4.78, 5) is 22.5. The summed E-state index contributed by atoms with van der Waals surface area (Å²) in [5, 5.41) is 22.3. The molecular weight excluding hydrogens is 243 g/mol. The summed E-state index contributed by atoms with van der Waals surface area (Å²) in [6.07, 6.45) is -0.878. The van der Waals surface area contributed by atoms with Crippen LogP contribution >= 0.6 is 0 Å². The molecule has 1 atom stereocenters. The summed E-state index contributed by atoms with van der Waals surface area (Å²) in [5.74, 6) is -0.987. The van der Waals surface area contributed by atoms with Gasteiger partial charge in [0.25, 0.3) is 0 Å². The van der Waals surface area contributed by atoms with E-state index >= 15 is 0 Å². The molecule has 10 heteroatoms. The number of nitrogens with zero attached hydrogens (tertiary/aromatic N) is 1. The summed E-state index contributed by atoms with van der Waals surface area (Å²) < 4.78 is 0. The molecule has 0 bridgehead atoms. The van der Waals surface area contributed by atoms with Crippen LogP contribution in [0, 0.1) is 0 Å². The van der Waals surface area contributed by atoms with Crippen LogP contribution in [-0.2, 0) is 4.79 Å². The van der Waals surface area contributed by atoms with Crippen LogP contribution in [0.25, 0.3) is 0 Å². The Labute approximate surface area is 121 Å². The maximum Gasteiger partial charge on any atom is 1.00 e. The van der Waals surface area contributed by atoms with Gasteiger partial charge < -0.3 is 33.9 Å². The van der Waals surface area contributed by atoms with E-state index in [9.17, 15) is 4.79 Å². The van der Waals surface area contributed by atoms with Crippen molar-refractivity contribution >= 4 is 18.1 Å². The van der Waals surface area contributed by atoms with Gasteiger partial charge in [0.1, 0.15) is 6.04 Å². The second-order valence-corrected chi connectivity index (χ2v) is 2.68. The van der Waals surface area contributed by atoms with Crippen LogP contribution in [-0.4, -0.2) is 46.0 Å². The first-order valence-corrected chi connectivity index (χ1v) is 4.23. The summed E-state index contributed by atoms with van der Waals surface area (Å²) in [6.45, 7) is 0.420. The molecule has 0 aromatic rings. The number of hydrogen-bond donors (Lipinski definition) is 6. The number of hydrogen-bond acceptors (Lipinski definition) is 4. The number of carboxylic acid groups (broad SMARTS) is 3. The van der Waals surface area contributed by atoms with Crippen molar-refractivity contribution in [3.05, 3.63) is 0 Å². The number of guanidine groups is 1. The maximum atomic E-state index is 10.2. The summed E-state index contributed by atoms with van der Waals surface area (Å²) >= 11 is 0. The van der Waals surface area contributed by atoms with Gasteiger partial charge in [0.15, 0.2) is 5.96 Å². The molecule has 0 radical (unpaired) electrons. The van der Waals surface area contributed by atoms with Crippen molar-refractivity contribution in [3.63, 3.8) is 0 Å². The van der Waals surface area contributed by atoms with E-state index in [4.69, 9.17) is 37.3 Å². The molecule has 0 aromatic heterocycles. The average molecular weight is 260 g/mol. The zero-order chi connectivity index (χ0) is 13.1. The SMILES string of the molecule is NC(N)=NCCCC(N)C(=O)O.O=C(O)O.[H-].[Na+]. The van der Waals surface area contributed by atoms with Gasteiger partial charge in [-0.25, -0.2) is 4.79 Å². The first kappa shape index (κ1) is 21.3. The Kier molecular flexibility index (Phi) is 16.3. The van der Waals surface area contributed by atoms with E-state index in [0.29, 0.717) is 19.4 Å². The van der Waals surface area contributed by atoms with Gasteiger partial charge in [-0.3, -0.25) is 9.79 Å². The van der Waals surface area contributed by atoms with E-state index < -0.39 is 18.2 Å². The first-order valence-electron chi connectivity index (χ1n) is 4.23. The zero-order valence-electron chi connectivity index (χ0n) is 10.5. The molecule has 0 aliphatic heterocycles. The van der Waals surface area contributed by atoms with Crippen LogP contribution < -0.4 is 46.8 Å². The minimum Gasteiger partial charge on any atom is -1.00 e. The Morgan fingerprint density at radius 1 is 1.24 bits per heavy atom. The third kappa shape index (κ3) is 25.3. The van der Waals surface area contributed by atoms with Crippen LogP contribution in [0.4, 0.5) is 4.79 Å². The van der Waals surface area contributed by atoms with Crippen LogP contribution in [0.2, 0.25) is 0 Å². The van der Waals surface area contributed by atoms with Gasteiger partial charge >= 0.3 is 41.7 Å². The molecule has 0 fully saturated rings. The Bertz CT molecular complexity index is 258. The van der Waals surface area contributed by atoms with E-state index in [1.54, 1.807) is 0 Å². The van der Waals surface area contributed by atoms with Gasteiger partial charge in [-0.2, -0.15) is 0 Å². The van der Waals surface area contributed by atoms with Crippen LogP contribution in [0.5, 0.6) is 0 Å². The fraction of sp³-hybridized carbons (Fsp3) is 0.571. The van der Waals surface area contributed by atoms with Crippen LogP contribution in [0.3, 0.4) is 0 Å². The number of carboxylic acids is 1. The molecule has 17 heavy (non-hydrogen) atoms. The van der Waals surface area contributed by atoms with E-state index in [0.717, 1.165) is 0 Å². The molecule has 0 heterocycles. The number of nitrogens with two attached hydrogens (primary N) is 3. The molecule has 0 spiro atoms. The van der Waals surface area contributed by atoms with E-state index in [-0.39, 0.29) is 36.9 Å². The zero-order valence-corrected chi connectivity index (χ0v) is 11.5. The fourth-order valence-corrected chi connectivity index (χ4v) is 0.643. The van der Waals surface area contributed by atoms with Crippen molar-refractivity contribution in [2.45, 2.75) is 18.9 Å². The minimum absolute atomic E-state index is 0. The Morgan fingerprint density at radius 2 is 1.65 bits per heavy atom. The average Bonchev–Trinajstić information content (AvgIpc) is 2.10. The van der Waals surface area contributed by atoms with Crippen LogP contribution in [0.1, 0.15) is 14.3 Å².